The van der Waals surface area contributed by atoms with Gasteiger partial charge in [-0.2, -0.15) is 4.31 Å². The SMILES string of the molecule is CC(C)NCc1sccc1S(=O)(=O)N(C)C1CCOC1. The Bertz CT molecular complexity index is 534. The smallest absolute Gasteiger partial charge is 0.244 e. The highest BCUT2D eigenvalue weighted by Crippen LogP contribution is 2.27. The molecule has 1 aromatic rings. The summed E-state index contributed by atoms with van der Waals surface area (Å²) >= 11 is 1.48. The molecule has 114 valence electrons. The Hall–Kier alpha value is -0.470. The quantitative estimate of drug-likeness (QED) is 0.866. The number of hydrogen-bond acceptors (Lipinski definition) is 5. The molecule has 2 heterocycles. The van der Waals surface area contributed by atoms with Gasteiger partial charge in [-0.1, -0.05) is 13.8 Å². The monoisotopic (exact) mass is 318 g/mol. The van der Waals surface area contributed by atoms with Crippen molar-refractivity contribution in [2.24, 2.45) is 0 Å². The number of nitrogens with one attached hydrogen (secondary N) is 1. The van der Waals surface area contributed by atoms with Crippen LogP contribution in [0.25, 0.3) is 0 Å². The number of ether oxygens (including phenoxy) is 1. The summed E-state index contributed by atoms with van der Waals surface area (Å²) in [7, 11) is -1.79. The first-order valence-corrected chi connectivity index (χ1v) is 9.10. The maximum absolute atomic E-state index is 12.7. The summed E-state index contributed by atoms with van der Waals surface area (Å²) in [6.07, 6.45) is 0.763. The van der Waals surface area contributed by atoms with E-state index in [2.05, 4.69) is 5.32 Å². The molecule has 1 fully saturated rings. The van der Waals surface area contributed by atoms with Gasteiger partial charge in [0.2, 0.25) is 10.0 Å². The molecule has 1 saturated heterocycles. The molecular weight excluding hydrogens is 296 g/mol. The van der Waals surface area contributed by atoms with Gasteiger partial charge >= 0.3 is 0 Å². The van der Waals surface area contributed by atoms with Crippen molar-refractivity contribution in [3.8, 4) is 0 Å². The number of thiophene rings is 1. The maximum Gasteiger partial charge on any atom is 0.244 e. The Labute approximate surface area is 125 Å². The summed E-state index contributed by atoms with van der Waals surface area (Å²) in [5.41, 5.74) is 0. The van der Waals surface area contributed by atoms with Gasteiger partial charge in [0, 0.05) is 31.1 Å². The zero-order valence-electron chi connectivity index (χ0n) is 12.1. The molecule has 5 nitrogen and oxygen atoms in total. The van der Waals surface area contributed by atoms with Gasteiger partial charge in [-0.15, -0.1) is 11.3 Å². The van der Waals surface area contributed by atoms with Crippen molar-refractivity contribution in [1.82, 2.24) is 9.62 Å². The van der Waals surface area contributed by atoms with Crippen LogP contribution in [0.1, 0.15) is 25.1 Å². The molecule has 20 heavy (non-hydrogen) atoms. The first-order valence-electron chi connectivity index (χ1n) is 6.78. The molecule has 1 aliphatic rings. The van der Waals surface area contributed by atoms with Crippen LogP contribution in [-0.4, -0.2) is 45.1 Å². The van der Waals surface area contributed by atoms with Crippen LogP contribution in [0.5, 0.6) is 0 Å². The highest BCUT2D eigenvalue weighted by Gasteiger charge is 2.32. The van der Waals surface area contributed by atoms with Gasteiger partial charge in [-0.25, -0.2) is 8.42 Å². The minimum absolute atomic E-state index is 0.0502. The van der Waals surface area contributed by atoms with Crippen molar-refractivity contribution in [1.29, 1.82) is 0 Å². The van der Waals surface area contributed by atoms with Crippen molar-refractivity contribution in [3.05, 3.63) is 16.3 Å². The Balaban J connectivity index is 2.18. The van der Waals surface area contributed by atoms with Crippen molar-refractivity contribution in [3.63, 3.8) is 0 Å². The molecule has 0 radical (unpaired) electrons. The van der Waals surface area contributed by atoms with Gasteiger partial charge in [0.25, 0.3) is 0 Å². The van der Waals surface area contributed by atoms with E-state index in [1.807, 2.05) is 19.2 Å². The number of rotatable bonds is 6. The molecule has 1 aliphatic heterocycles. The fraction of sp³-hybridized carbons (Fsp3) is 0.692. The summed E-state index contributed by atoms with van der Waals surface area (Å²) in [6, 6.07) is 1.98. The van der Waals surface area contributed by atoms with Crippen molar-refractivity contribution in [2.75, 3.05) is 20.3 Å². The van der Waals surface area contributed by atoms with E-state index in [9.17, 15) is 8.42 Å². The van der Waals surface area contributed by atoms with Crippen LogP contribution in [0.15, 0.2) is 16.3 Å². The molecule has 2 rings (SSSR count). The average Bonchev–Trinajstić information content (AvgIpc) is 3.06. The molecule has 0 spiro atoms. The molecule has 0 saturated carbocycles. The topological polar surface area (TPSA) is 58.6 Å². The predicted molar refractivity (Wildman–Crippen MR) is 80.5 cm³/mol. The molecule has 1 N–H and O–H groups in total. The van der Waals surface area contributed by atoms with Gasteiger partial charge in [-0.05, 0) is 17.9 Å². The molecule has 0 bridgehead atoms. The minimum atomic E-state index is -3.43. The van der Waals surface area contributed by atoms with E-state index >= 15 is 0 Å². The number of nitrogens with zero attached hydrogens (tertiary/aromatic N) is 1. The molecule has 7 heteroatoms. The summed E-state index contributed by atoms with van der Waals surface area (Å²) < 4.78 is 32.1. The second-order valence-corrected chi connectivity index (χ2v) is 8.25. The van der Waals surface area contributed by atoms with Gasteiger partial charge in [0.15, 0.2) is 0 Å². The van der Waals surface area contributed by atoms with Crippen molar-refractivity contribution < 1.29 is 13.2 Å². The second-order valence-electron chi connectivity index (χ2n) is 5.28. The highest BCUT2D eigenvalue weighted by molar-refractivity contribution is 7.89. The summed E-state index contributed by atoms with van der Waals surface area (Å²) in [5, 5.41) is 5.11. The summed E-state index contributed by atoms with van der Waals surface area (Å²) in [6.45, 7) is 5.79. The molecule has 1 unspecified atom stereocenters. The van der Waals surface area contributed by atoms with E-state index in [1.165, 1.54) is 15.6 Å². The second kappa shape index (κ2) is 6.53. The normalized spacial score (nSPS) is 20.1. The highest BCUT2D eigenvalue weighted by atomic mass is 32.2. The van der Waals surface area contributed by atoms with Crippen LogP contribution >= 0.6 is 11.3 Å². The lowest BCUT2D eigenvalue weighted by atomic mass is 10.3. The van der Waals surface area contributed by atoms with E-state index in [0.717, 1.165) is 11.3 Å². The van der Waals surface area contributed by atoms with Gasteiger partial charge in [0.05, 0.1) is 17.5 Å². The fourth-order valence-electron chi connectivity index (χ4n) is 2.14. The summed E-state index contributed by atoms with van der Waals surface area (Å²) in [4.78, 5) is 1.29. The zero-order chi connectivity index (χ0) is 14.8. The number of likely N-dealkylation sites (N-methyl/N-ethyl adjacent to an activating group) is 1. The maximum atomic E-state index is 12.7. The van der Waals surface area contributed by atoms with Gasteiger partial charge < -0.3 is 10.1 Å². The van der Waals surface area contributed by atoms with E-state index in [4.69, 9.17) is 4.74 Å². The molecular formula is C13H22N2O3S2. The Morgan fingerprint density at radius 2 is 2.30 bits per heavy atom. The van der Waals surface area contributed by atoms with E-state index in [0.29, 0.717) is 30.7 Å². The van der Waals surface area contributed by atoms with Gasteiger partial charge in [-0.3, -0.25) is 0 Å². The third kappa shape index (κ3) is 3.40. The first-order chi connectivity index (χ1) is 9.43. The van der Waals surface area contributed by atoms with Crippen molar-refractivity contribution in [2.45, 2.75) is 43.8 Å². The van der Waals surface area contributed by atoms with Crippen LogP contribution in [-0.2, 0) is 21.3 Å². The fourth-order valence-corrected chi connectivity index (χ4v) is 4.88. The van der Waals surface area contributed by atoms with Gasteiger partial charge in [0.1, 0.15) is 0 Å². The average molecular weight is 318 g/mol. The predicted octanol–water partition coefficient (Wildman–Crippen LogP) is 1.66. The molecule has 1 aromatic heterocycles. The summed E-state index contributed by atoms with van der Waals surface area (Å²) in [5.74, 6) is 0. The van der Waals surface area contributed by atoms with Crippen LogP contribution in [0.2, 0.25) is 0 Å². The standard InChI is InChI=1S/C13H22N2O3S2/c1-10(2)14-8-12-13(5-7-19-12)20(16,17)15(3)11-4-6-18-9-11/h5,7,10-11,14H,4,6,8-9H2,1-3H3. The van der Waals surface area contributed by atoms with Crippen LogP contribution in [0.3, 0.4) is 0 Å². The Morgan fingerprint density at radius 3 is 2.90 bits per heavy atom. The Morgan fingerprint density at radius 1 is 1.55 bits per heavy atom. The zero-order valence-corrected chi connectivity index (χ0v) is 13.8. The minimum Gasteiger partial charge on any atom is -0.380 e. The van der Waals surface area contributed by atoms with Crippen LogP contribution in [0.4, 0.5) is 0 Å². The van der Waals surface area contributed by atoms with E-state index < -0.39 is 10.0 Å². The molecule has 0 amide bonds. The lowest BCUT2D eigenvalue weighted by Crippen LogP contribution is -2.37. The van der Waals surface area contributed by atoms with Crippen molar-refractivity contribution >= 4 is 21.4 Å². The lowest BCUT2D eigenvalue weighted by molar-refractivity contribution is 0.181. The van der Waals surface area contributed by atoms with E-state index in [1.54, 1.807) is 13.1 Å². The van der Waals surface area contributed by atoms with E-state index in [-0.39, 0.29) is 6.04 Å². The molecule has 1 atom stereocenters. The molecule has 0 aliphatic carbocycles. The third-order valence-electron chi connectivity index (χ3n) is 3.45. The Kier molecular flexibility index (Phi) is 5.19. The molecule has 0 aromatic carbocycles. The van der Waals surface area contributed by atoms with Crippen LogP contribution in [0, 0.1) is 0 Å². The first kappa shape index (κ1) is 15.9. The third-order valence-corrected chi connectivity index (χ3v) is 6.50. The number of hydrogen-bond donors (Lipinski definition) is 1. The van der Waals surface area contributed by atoms with Crippen LogP contribution < -0.4 is 5.32 Å². The number of sulfonamides is 1. The lowest BCUT2D eigenvalue weighted by Gasteiger charge is -2.22. The largest absolute Gasteiger partial charge is 0.380 e.